The number of benzene rings is 2. The van der Waals surface area contributed by atoms with Crippen molar-refractivity contribution in [1.29, 1.82) is 0 Å². The fraction of sp³-hybridized carbons (Fsp3) is 0.379. The number of hydrogen-bond acceptors (Lipinski definition) is 7. The maximum atomic E-state index is 13.4. The van der Waals surface area contributed by atoms with E-state index in [1.54, 1.807) is 18.2 Å². The summed E-state index contributed by atoms with van der Waals surface area (Å²) in [6.07, 6.45) is 3.62. The van der Waals surface area contributed by atoms with Gasteiger partial charge in [-0.25, -0.2) is 13.8 Å². The third-order valence-electron chi connectivity index (χ3n) is 7.76. The molecule has 1 amide bonds. The fourth-order valence-corrected chi connectivity index (χ4v) is 5.73. The van der Waals surface area contributed by atoms with Crippen LogP contribution in [0.5, 0.6) is 0 Å². The minimum absolute atomic E-state index is 0. The Hall–Kier alpha value is -3.67. The Balaban J connectivity index is 0.00000405. The number of rotatable bonds is 8. The number of nitrogens with one attached hydrogen (secondary N) is 1. The van der Waals surface area contributed by atoms with Crippen LogP contribution in [0.15, 0.2) is 54.7 Å². The number of hydrogen-bond donors (Lipinski definition) is 1. The molecule has 9 nitrogen and oxygen atoms in total. The molecule has 1 N–H and O–H groups in total. The zero-order valence-corrected chi connectivity index (χ0v) is 23.2. The van der Waals surface area contributed by atoms with Crippen molar-refractivity contribution in [2.45, 2.75) is 32.0 Å². The van der Waals surface area contributed by atoms with E-state index in [1.165, 1.54) is 12.3 Å². The van der Waals surface area contributed by atoms with Crippen LogP contribution in [0.1, 0.15) is 35.8 Å². The number of nitro groups is 1. The third-order valence-corrected chi connectivity index (χ3v) is 8.04. The highest BCUT2D eigenvalue weighted by Crippen LogP contribution is 2.27. The highest BCUT2D eigenvalue weighted by Gasteiger charge is 2.28. The molecule has 3 heterocycles. The number of non-ortho nitro benzene ring substituents is 1. The molecule has 218 valence electrons. The number of carbonyl (C=O) groups is 1. The lowest BCUT2D eigenvalue weighted by atomic mass is 10.0. The van der Waals surface area contributed by atoms with Crippen LogP contribution in [0, 0.1) is 21.7 Å². The Labute approximate surface area is 243 Å². The third kappa shape index (κ3) is 7.16. The lowest BCUT2D eigenvalue weighted by Crippen LogP contribution is -2.53. The van der Waals surface area contributed by atoms with Gasteiger partial charge in [0.05, 0.1) is 15.5 Å². The van der Waals surface area contributed by atoms with Gasteiger partial charge in [-0.3, -0.25) is 24.7 Å². The second-order valence-corrected chi connectivity index (χ2v) is 10.8. The van der Waals surface area contributed by atoms with E-state index in [-0.39, 0.29) is 18.6 Å². The van der Waals surface area contributed by atoms with Crippen molar-refractivity contribution in [3.63, 3.8) is 0 Å². The van der Waals surface area contributed by atoms with Crippen LogP contribution in [0.25, 0.3) is 0 Å². The number of amides is 1. The molecule has 0 saturated carbocycles. The van der Waals surface area contributed by atoms with Crippen LogP contribution in [0.2, 0.25) is 5.02 Å². The Bertz CT molecular complexity index is 1400. The SMILES string of the molecule is O=C(NCc1ccc(F)c(F)c1)c1cnc(N2CCN(C3CCN(Cc4ccc([N+](=O)[O-])cc4)CC3)CC2)c(Cl)c1.[HH]. The summed E-state index contributed by atoms with van der Waals surface area (Å²) in [5, 5.41) is 13.9. The number of carbonyl (C=O) groups excluding carboxylic acids is 1. The van der Waals surface area contributed by atoms with E-state index in [0.717, 1.165) is 76.4 Å². The van der Waals surface area contributed by atoms with Gasteiger partial charge in [0.25, 0.3) is 11.6 Å². The largest absolute Gasteiger partial charge is 0.353 e. The normalized spacial score (nSPS) is 17.0. The predicted molar refractivity (Wildman–Crippen MR) is 154 cm³/mol. The molecule has 0 atom stereocenters. The van der Waals surface area contributed by atoms with E-state index in [0.29, 0.717) is 28.0 Å². The second kappa shape index (κ2) is 12.9. The molecule has 1 aromatic heterocycles. The van der Waals surface area contributed by atoms with Crippen molar-refractivity contribution in [2.75, 3.05) is 44.2 Å². The standard InChI is InChI=1S/C29H31ClF2N6O3.H2/c30-25-16-22(29(39)34-17-21-3-6-26(31)27(32)15-21)18-33-28(25)37-13-11-36(12-14-37)23-7-9-35(10-8-23)19-20-1-4-24(5-2-20)38(40)41;/h1-6,15-16,18,23H,7-14,17,19H2,(H,34,39);1H. The first-order valence-corrected chi connectivity index (χ1v) is 14.0. The molecule has 2 aliphatic heterocycles. The van der Waals surface area contributed by atoms with E-state index in [4.69, 9.17) is 11.6 Å². The van der Waals surface area contributed by atoms with Gasteiger partial charge in [-0.2, -0.15) is 0 Å². The summed E-state index contributed by atoms with van der Waals surface area (Å²) in [6.45, 7) is 6.14. The monoisotopic (exact) mass is 586 g/mol. The summed E-state index contributed by atoms with van der Waals surface area (Å²) in [7, 11) is 0. The predicted octanol–water partition coefficient (Wildman–Crippen LogP) is 4.88. The highest BCUT2D eigenvalue weighted by atomic mass is 35.5. The van der Waals surface area contributed by atoms with Crippen LogP contribution in [0.3, 0.4) is 0 Å². The Morgan fingerprint density at radius 3 is 2.32 bits per heavy atom. The molecule has 12 heteroatoms. The van der Waals surface area contributed by atoms with Gasteiger partial charge in [0.1, 0.15) is 5.82 Å². The molecule has 0 spiro atoms. The minimum Gasteiger partial charge on any atom is -0.353 e. The maximum Gasteiger partial charge on any atom is 0.269 e. The van der Waals surface area contributed by atoms with E-state index >= 15 is 0 Å². The van der Waals surface area contributed by atoms with E-state index in [2.05, 4.69) is 25.0 Å². The number of piperazine rings is 1. The summed E-state index contributed by atoms with van der Waals surface area (Å²) < 4.78 is 26.5. The number of nitro benzene ring substituents is 1. The van der Waals surface area contributed by atoms with Gasteiger partial charge < -0.3 is 10.2 Å². The number of likely N-dealkylation sites (tertiary alicyclic amines) is 1. The smallest absolute Gasteiger partial charge is 0.269 e. The van der Waals surface area contributed by atoms with E-state index < -0.39 is 17.5 Å². The summed E-state index contributed by atoms with van der Waals surface area (Å²) in [5.74, 6) is -1.66. The molecule has 41 heavy (non-hydrogen) atoms. The first-order chi connectivity index (χ1) is 19.8. The zero-order chi connectivity index (χ0) is 28.9. The van der Waals surface area contributed by atoms with Gasteiger partial charge in [-0.05, 0) is 55.3 Å². The Kier molecular flexibility index (Phi) is 9.06. The molecule has 0 bridgehead atoms. The molecule has 0 aliphatic carbocycles. The molecule has 2 saturated heterocycles. The average molecular weight is 587 g/mol. The van der Waals surface area contributed by atoms with Crippen LogP contribution in [-0.2, 0) is 13.1 Å². The van der Waals surface area contributed by atoms with Gasteiger partial charge in [0.2, 0.25) is 0 Å². The lowest BCUT2D eigenvalue weighted by Gasteiger charge is -2.43. The van der Waals surface area contributed by atoms with Gasteiger partial charge in [0.15, 0.2) is 11.6 Å². The molecular weight excluding hydrogens is 554 g/mol. The maximum absolute atomic E-state index is 13.4. The molecule has 0 unspecified atom stereocenters. The van der Waals surface area contributed by atoms with Crippen LogP contribution in [0.4, 0.5) is 20.3 Å². The van der Waals surface area contributed by atoms with Crippen molar-refractivity contribution < 1.29 is 19.9 Å². The first kappa shape index (κ1) is 28.8. The quantitative estimate of drug-likeness (QED) is 0.297. The molecule has 0 radical (unpaired) electrons. The van der Waals surface area contributed by atoms with Gasteiger partial charge in [-0.15, -0.1) is 0 Å². The molecule has 5 rings (SSSR count). The van der Waals surface area contributed by atoms with Crippen LogP contribution < -0.4 is 10.2 Å². The lowest BCUT2D eigenvalue weighted by molar-refractivity contribution is -0.384. The molecule has 2 aliphatic rings. The Morgan fingerprint density at radius 2 is 1.68 bits per heavy atom. The number of pyridine rings is 1. The highest BCUT2D eigenvalue weighted by molar-refractivity contribution is 6.33. The molecule has 2 fully saturated rings. The average Bonchev–Trinajstić information content (AvgIpc) is 2.98. The number of aromatic nitrogens is 1. The van der Waals surface area contributed by atoms with Crippen LogP contribution >= 0.6 is 11.6 Å². The van der Waals surface area contributed by atoms with Crippen molar-refractivity contribution in [3.8, 4) is 0 Å². The molecule has 2 aromatic carbocycles. The zero-order valence-electron chi connectivity index (χ0n) is 22.4. The number of piperidine rings is 1. The van der Waals surface area contributed by atoms with E-state index in [1.807, 2.05) is 12.1 Å². The number of halogens is 3. The topological polar surface area (TPSA) is 94.9 Å². The van der Waals surface area contributed by atoms with Crippen molar-refractivity contribution >= 4 is 29.0 Å². The van der Waals surface area contributed by atoms with E-state index in [9.17, 15) is 23.7 Å². The molecular formula is C29H33ClF2N6O3. The summed E-state index contributed by atoms with van der Waals surface area (Å²) in [5.41, 5.74) is 1.93. The van der Waals surface area contributed by atoms with Gasteiger partial charge >= 0.3 is 0 Å². The second-order valence-electron chi connectivity index (χ2n) is 10.4. The van der Waals surface area contributed by atoms with Gasteiger partial charge in [-0.1, -0.05) is 29.8 Å². The van der Waals surface area contributed by atoms with Gasteiger partial charge in [0, 0.05) is 65.1 Å². The van der Waals surface area contributed by atoms with Crippen molar-refractivity contribution in [2.24, 2.45) is 0 Å². The summed E-state index contributed by atoms with van der Waals surface area (Å²) in [6, 6.07) is 12.4. The number of anilines is 1. The number of nitrogens with zero attached hydrogens (tertiary/aromatic N) is 5. The molecule has 3 aromatic rings. The Morgan fingerprint density at radius 1 is 1.00 bits per heavy atom. The van der Waals surface area contributed by atoms with Crippen molar-refractivity contribution in [1.82, 2.24) is 20.1 Å². The minimum atomic E-state index is -0.962. The summed E-state index contributed by atoms with van der Waals surface area (Å²) >= 11 is 6.53. The summed E-state index contributed by atoms with van der Waals surface area (Å²) in [4.78, 5) is 34.6. The first-order valence-electron chi connectivity index (χ1n) is 13.6. The van der Waals surface area contributed by atoms with Crippen molar-refractivity contribution in [3.05, 3.63) is 98.2 Å². The van der Waals surface area contributed by atoms with Crippen LogP contribution in [-0.4, -0.2) is 70.9 Å². The fourth-order valence-electron chi connectivity index (χ4n) is 5.44.